The highest BCUT2D eigenvalue weighted by molar-refractivity contribution is 6.04. The minimum absolute atomic E-state index is 0.0365. The number of carbonyl (C=O) groups is 3. The molecule has 0 bridgehead atoms. The number of anilines is 3. The maximum atomic E-state index is 14.4. The van der Waals surface area contributed by atoms with Crippen molar-refractivity contribution < 1.29 is 19.1 Å². The Labute approximate surface area is 312 Å². The maximum Gasteiger partial charge on any atom is 0.419 e. The van der Waals surface area contributed by atoms with Crippen molar-refractivity contribution in [2.45, 2.75) is 25.9 Å². The molecule has 0 spiro atoms. The van der Waals surface area contributed by atoms with Crippen LogP contribution in [-0.4, -0.2) is 74.6 Å². The zero-order valence-corrected chi connectivity index (χ0v) is 30.2. The zero-order valence-electron chi connectivity index (χ0n) is 30.2. The lowest BCUT2D eigenvalue weighted by Crippen LogP contribution is -2.42. The standard InChI is InChI=1S/C44H47N5O4/c1-2-45-32-43(51)47-36-19-13-18-35(30-36)42(50)31-46-26-29-48-27-24-37(25-28-48)53-44(52)49(40-22-11-9-20-38(40)33-14-5-3-6-15-33)41-23-12-10-21-39(41)34-16-7-4-8-17-34/h3-23,30,37,45-46H,2,24-29,31-32H2,1H3,(H,47,51). The van der Waals surface area contributed by atoms with Crippen molar-refractivity contribution in [2.24, 2.45) is 0 Å². The lowest BCUT2D eigenvalue weighted by molar-refractivity contribution is -0.115. The van der Waals surface area contributed by atoms with Gasteiger partial charge in [-0.15, -0.1) is 0 Å². The van der Waals surface area contributed by atoms with Crippen LogP contribution in [0.1, 0.15) is 30.1 Å². The van der Waals surface area contributed by atoms with Crippen LogP contribution in [-0.2, 0) is 9.53 Å². The second kappa shape index (κ2) is 18.8. The quantitative estimate of drug-likeness (QED) is 0.0754. The Morgan fingerprint density at radius 1 is 0.698 bits per heavy atom. The molecule has 5 aromatic carbocycles. The van der Waals surface area contributed by atoms with Crippen molar-refractivity contribution in [3.63, 3.8) is 0 Å². The topological polar surface area (TPSA) is 103 Å². The van der Waals surface area contributed by atoms with E-state index in [0.29, 0.717) is 37.2 Å². The first kappa shape index (κ1) is 37.2. The van der Waals surface area contributed by atoms with Crippen molar-refractivity contribution in [1.82, 2.24) is 15.5 Å². The summed E-state index contributed by atoms with van der Waals surface area (Å²) in [6.45, 7) is 6.05. The average Bonchev–Trinajstić information content (AvgIpc) is 3.20. The number of piperidine rings is 1. The normalized spacial score (nSPS) is 13.3. The molecule has 0 aliphatic carbocycles. The van der Waals surface area contributed by atoms with Gasteiger partial charge in [0, 0.05) is 48.6 Å². The van der Waals surface area contributed by atoms with Crippen LogP contribution >= 0.6 is 0 Å². The van der Waals surface area contributed by atoms with Crippen LogP contribution in [0.2, 0.25) is 0 Å². The first-order chi connectivity index (χ1) is 26.0. The second-order valence-electron chi connectivity index (χ2n) is 13.0. The molecule has 3 N–H and O–H groups in total. The molecule has 2 amide bonds. The third kappa shape index (κ3) is 10.0. The van der Waals surface area contributed by atoms with Crippen LogP contribution in [0.25, 0.3) is 22.3 Å². The molecule has 9 heteroatoms. The van der Waals surface area contributed by atoms with Gasteiger partial charge in [0.2, 0.25) is 5.91 Å². The fourth-order valence-corrected chi connectivity index (χ4v) is 6.59. The van der Waals surface area contributed by atoms with Crippen LogP contribution in [0.3, 0.4) is 0 Å². The molecular formula is C44H47N5O4. The highest BCUT2D eigenvalue weighted by atomic mass is 16.6. The molecule has 272 valence electrons. The van der Waals surface area contributed by atoms with Gasteiger partial charge in [-0.1, -0.05) is 116 Å². The molecule has 1 saturated heterocycles. The molecular weight excluding hydrogens is 663 g/mol. The number of likely N-dealkylation sites (tertiary alicyclic amines) is 1. The molecule has 0 radical (unpaired) electrons. The van der Waals surface area contributed by atoms with E-state index >= 15 is 0 Å². The van der Waals surface area contributed by atoms with Gasteiger partial charge in [0.25, 0.3) is 0 Å². The van der Waals surface area contributed by atoms with E-state index < -0.39 is 6.09 Å². The van der Waals surface area contributed by atoms with Gasteiger partial charge < -0.3 is 25.6 Å². The van der Waals surface area contributed by atoms with Crippen LogP contribution in [0.5, 0.6) is 0 Å². The van der Waals surface area contributed by atoms with E-state index in [1.807, 2.05) is 91.9 Å². The molecule has 0 unspecified atom stereocenters. The molecule has 1 heterocycles. The van der Waals surface area contributed by atoms with Crippen LogP contribution in [0.4, 0.5) is 21.9 Å². The van der Waals surface area contributed by atoms with Crippen molar-refractivity contribution >= 4 is 34.8 Å². The highest BCUT2D eigenvalue weighted by Crippen LogP contribution is 2.40. The summed E-state index contributed by atoms with van der Waals surface area (Å²) in [5.74, 6) is -0.183. The predicted molar refractivity (Wildman–Crippen MR) is 213 cm³/mol. The van der Waals surface area contributed by atoms with Crippen molar-refractivity contribution in [3.05, 3.63) is 139 Å². The number of ketones is 1. The Bertz CT molecular complexity index is 1880. The summed E-state index contributed by atoms with van der Waals surface area (Å²) >= 11 is 0. The number of rotatable bonds is 15. The number of nitrogens with one attached hydrogen (secondary N) is 3. The summed E-state index contributed by atoms with van der Waals surface area (Å²) in [5, 5.41) is 9.09. The minimum Gasteiger partial charge on any atom is -0.445 e. The van der Waals surface area contributed by atoms with Gasteiger partial charge >= 0.3 is 6.09 Å². The van der Waals surface area contributed by atoms with Gasteiger partial charge in [0.05, 0.1) is 24.5 Å². The van der Waals surface area contributed by atoms with Gasteiger partial charge in [-0.05, 0) is 54.8 Å². The number of hydrogen-bond acceptors (Lipinski definition) is 7. The predicted octanol–water partition coefficient (Wildman–Crippen LogP) is 7.78. The number of Topliss-reactive ketones (excluding diaryl/α,β-unsaturated/α-hetero) is 1. The number of para-hydroxylation sites is 2. The van der Waals surface area contributed by atoms with Gasteiger partial charge in [-0.25, -0.2) is 9.69 Å². The molecule has 0 atom stereocenters. The Balaban J connectivity index is 1.07. The molecule has 0 saturated carbocycles. The highest BCUT2D eigenvalue weighted by Gasteiger charge is 2.29. The summed E-state index contributed by atoms with van der Waals surface area (Å²) in [6, 6.07) is 43.2. The average molecular weight is 710 g/mol. The van der Waals surface area contributed by atoms with Crippen LogP contribution in [0.15, 0.2) is 133 Å². The molecule has 0 aromatic heterocycles. The first-order valence-electron chi connectivity index (χ1n) is 18.4. The fourth-order valence-electron chi connectivity index (χ4n) is 6.59. The van der Waals surface area contributed by atoms with Gasteiger partial charge in [0.1, 0.15) is 6.10 Å². The molecule has 1 aliphatic rings. The molecule has 1 aliphatic heterocycles. The Kier molecular flexibility index (Phi) is 13.1. The Morgan fingerprint density at radius 2 is 1.28 bits per heavy atom. The third-order valence-corrected chi connectivity index (χ3v) is 9.34. The van der Waals surface area contributed by atoms with Gasteiger partial charge in [-0.3, -0.25) is 9.59 Å². The number of hydrogen-bond donors (Lipinski definition) is 3. The van der Waals surface area contributed by atoms with Crippen molar-refractivity contribution in [3.8, 4) is 22.3 Å². The Hall–Kier alpha value is -5.61. The lowest BCUT2D eigenvalue weighted by atomic mass is 10.00. The van der Waals surface area contributed by atoms with Crippen LogP contribution in [0, 0.1) is 0 Å². The van der Waals surface area contributed by atoms with E-state index in [-0.39, 0.29) is 30.9 Å². The van der Waals surface area contributed by atoms with Gasteiger partial charge in [-0.2, -0.15) is 0 Å². The van der Waals surface area contributed by atoms with E-state index in [2.05, 4.69) is 45.1 Å². The molecule has 1 fully saturated rings. The van der Waals surface area contributed by atoms with E-state index in [9.17, 15) is 14.4 Å². The van der Waals surface area contributed by atoms with E-state index in [4.69, 9.17) is 4.74 Å². The SMILES string of the molecule is CCNCC(=O)Nc1cccc(C(=O)CNCCN2CCC(OC(=O)N(c3ccccc3-c3ccccc3)c3ccccc3-c3ccccc3)CC2)c1. The minimum atomic E-state index is -0.406. The first-order valence-corrected chi connectivity index (χ1v) is 18.4. The van der Waals surface area contributed by atoms with E-state index in [1.54, 1.807) is 29.2 Å². The summed E-state index contributed by atoms with van der Waals surface area (Å²) < 4.78 is 6.32. The van der Waals surface area contributed by atoms with Crippen molar-refractivity contribution in [2.75, 3.05) is 56.0 Å². The number of benzene rings is 5. The summed E-state index contributed by atoms with van der Waals surface area (Å²) in [4.78, 5) is 43.4. The number of nitrogens with zero attached hydrogens (tertiary/aromatic N) is 2. The Morgan fingerprint density at radius 3 is 1.89 bits per heavy atom. The lowest BCUT2D eigenvalue weighted by Gasteiger charge is -2.34. The van der Waals surface area contributed by atoms with E-state index in [0.717, 1.165) is 53.3 Å². The number of ether oxygens (including phenoxy) is 1. The number of carbonyl (C=O) groups excluding carboxylic acids is 3. The van der Waals surface area contributed by atoms with Crippen LogP contribution < -0.4 is 20.9 Å². The molecule has 5 aromatic rings. The summed E-state index contributed by atoms with van der Waals surface area (Å²) in [6.07, 6.45) is 0.794. The zero-order chi connectivity index (χ0) is 36.8. The summed E-state index contributed by atoms with van der Waals surface area (Å²) in [5.41, 5.74) is 6.57. The number of likely N-dealkylation sites (N-methyl/N-ethyl adjacent to an activating group) is 1. The number of amides is 2. The summed E-state index contributed by atoms with van der Waals surface area (Å²) in [7, 11) is 0. The monoisotopic (exact) mass is 709 g/mol. The smallest absolute Gasteiger partial charge is 0.419 e. The molecule has 9 nitrogen and oxygen atoms in total. The third-order valence-electron chi connectivity index (χ3n) is 9.34. The molecule has 6 rings (SSSR count). The molecule has 53 heavy (non-hydrogen) atoms. The van der Waals surface area contributed by atoms with Crippen molar-refractivity contribution in [1.29, 1.82) is 0 Å². The van der Waals surface area contributed by atoms with Gasteiger partial charge in [0.15, 0.2) is 5.78 Å². The fraction of sp³-hybridized carbons (Fsp3) is 0.250. The maximum absolute atomic E-state index is 14.4. The van der Waals surface area contributed by atoms with E-state index in [1.165, 1.54) is 0 Å². The second-order valence-corrected chi connectivity index (χ2v) is 13.0. The largest absolute Gasteiger partial charge is 0.445 e.